The van der Waals surface area contributed by atoms with E-state index in [-0.39, 0.29) is 17.0 Å². The number of nitrogens with two attached hydrogens (primary N) is 1. The SMILES string of the molecule is CN=CC(=CN)c1ccc(-c2oc3c(C(C)Nc4ccccc4C(=O)O)cc(C)cc3c(=O)c2C)cn1. The topological polar surface area (TPSA) is 131 Å². The average molecular weight is 497 g/mol. The summed E-state index contributed by atoms with van der Waals surface area (Å²) in [4.78, 5) is 33.6. The zero-order valence-electron chi connectivity index (χ0n) is 21.1. The van der Waals surface area contributed by atoms with E-state index in [2.05, 4.69) is 15.3 Å². The van der Waals surface area contributed by atoms with Crippen LogP contribution in [0.2, 0.25) is 0 Å². The maximum Gasteiger partial charge on any atom is 0.337 e. The molecule has 4 aromatic rings. The van der Waals surface area contributed by atoms with Crippen LogP contribution in [0.5, 0.6) is 0 Å². The number of nitrogens with one attached hydrogen (secondary N) is 1. The predicted octanol–water partition coefficient (Wildman–Crippen LogP) is 5.34. The number of carbonyl (C=O) groups is 1. The summed E-state index contributed by atoms with van der Waals surface area (Å²) >= 11 is 0. The lowest BCUT2D eigenvalue weighted by Crippen LogP contribution is -2.14. The molecule has 0 aliphatic rings. The normalized spacial score (nSPS) is 12.7. The van der Waals surface area contributed by atoms with E-state index in [0.29, 0.717) is 44.8 Å². The Balaban J connectivity index is 1.84. The van der Waals surface area contributed by atoms with Gasteiger partial charge in [-0.05, 0) is 56.7 Å². The number of hydrogen-bond donors (Lipinski definition) is 3. The lowest BCUT2D eigenvalue weighted by atomic mass is 9.98. The van der Waals surface area contributed by atoms with Crippen LogP contribution in [0.1, 0.15) is 45.7 Å². The molecule has 0 bridgehead atoms. The van der Waals surface area contributed by atoms with E-state index in [1.165, 1.54) is 6.20 Å². The molecule has 1 atom stereocenters. The Kier molecular flexibility index (Phi) is 7.20. The molecule has 0 aliphatic carbocycles. The zero-order valence-corrected chi connectivity index (χ0v) is 21.1. The first-order valence-electron chi connectivity index (χ1n) is 11.7. The van der Waals surface area contributed by atoms with Crippen LogP contribution in [-0.2, 0) is 0 Å². The number of anilines is 1. The highest BCUT2D eigenvalue weighted by Crippen LogP contribution is 2.32. The molecule has 4 rings (SSSR count). The fourth-order valence-corrected chi connectivity index (χ4v) is 4.30. The molecule has 37 heavy (non-hydrogen) atoms. The third-order valence-corrected chi connectivity index (χ3v) is 6.16. The lowest BCUT2D eigenvalue weighted by Gasteiger charge is -2.20. The molecule has 4 N–H and O–H groups in total. The van der Waals surface area contributed by atoms with Gasteiger partial charge in [0.25, 0.3) is 0 Å². The Labute approximate surface area is 214 Å². The number of aromatic carboxylic acids is 1. The monoisotopic (exact) mass is 496 g/mol. The number of fused-ring (bicyclic) bond motifs is 1. The summed E-state index contributed by atoms with van der Waals surface area (Å²) in [5.41, 5.74) is 10.7. The Bertz CT molecular complexity index is 1600. The minimum absolute atomic E-state index is 0.135. The van der Waals surface area contributed by atoms with Crippen molar-refractivity contribution >= 4 is 34.4 Å². The number of allylic oxidation sites excluding steroid dienone is 1. The van der Waals surface area contributed by atoms with Gasteiger partial charge in [-0.15, -0.1) is 0 Å². The highest BCUT2D eigenvalue weighted by atomic mass is 16.4. The molecular weight excluding hydrogens is 468 g/mol. The molecule has 2 aromatic carbocycles. The molecule has 188 valence electrons. The fourth-order valence-electron chi connectivity index (χ4n) is 4.30. The van der Waals surface area contributed by atoms with E-state index in [9.17, 15) is 14.7 Å². The quantitative estimate of drug-likeness (QED) is 0.294. The van der Waals surface area contributed by atoms with Crippen LogP contribution in [0.15, 0.2) is 75.1 Å². The van der Waals surface area contributed by atoms with Gasteiger partial charge < -0.3 is 20.6 Å². The summed E-state index contributed by atoms with van der Waals surface area (Å²) in [5.74, 6) is -0.607. The molecule has 1 unspecified atom stereocenters. The van der Waals surface area contributed by atoms with E-state index < -0.39 is 5.97 Å². The number of aromatic nitrogens is 1. The van der Waals surface area contributed by atoms with Gasteiger partial charge in [0.2, 0.25) is 0 Å². The van der Waals surface area contributed by atoms with Crippen molar-refractivity contribution in [1.29, 1.82) is 0 Å². The number of carboxylic acids is 1. The Morgan fingerprint density at radius 1 is 1.19 bits per heavy atom. The van der Waals surface area contributed by atoms with Crippen molar-refractivity contribution in [2.24, 2.45) is 10.7 Å². The molecule has 0 saturated carbocycles. The van der Waals surface area contributed by atoms with Gasteiger partial charge in [-0.2, -0.15) is 0 Å². The predicted molar refractivity (Wildman–Crippen MR) is 147 cm³/mol. The van der Waals surface area contributed by atoms with Gasteiger partial charge in [0.15, 0.2) is 5.43 Å². The molecule has 8 nitrogen and oxygen atoms in total. The van der Waals surface area contributed by atoms with Crippen LogP contribution in [-0.4, -0.2) is 29.3 Å². The van der Waals surface area contributed by atoms with Gasteiger partial charge in [-0.1, -0.05) is 18.2 Å². The van der Waals surface area contributed by atoms with Crippen molar-refractivity contribution in [2.75, 3.05) is 12.4 Å². The molecule has 8 heteroatoms. The third-order valence-electron chi connectivity index (χ3n) is 6.16. The summed E-state index contributed by atoms with van der Waals surface area (Å²) in [7, 11) is 1.65. The van der Waals surface area contributed by atoms with Gasteiger partial charge in [0, 0.05) is 53.6 Å². The summed E-state index contributed by atoms with van der Waals surface area (Å²) < 4.78 is 6.39. The number of nitrogens with zero attached hydrogens (tertiary/aromatic N) is 2. The van der Waals surface area contributed by atoms with Crippen LogP contribution in [0.25, 0.3) is 27.9 Å². The number of carboxylic acid groups (broad SMARTS) is 1. The van der Waals surface area contributed by atoms with Crippen molar-refractivity contribution < 1.29 is 14.3 Å². The number of hydrogen-bond acceptors (Lipinski definition) is 7. The molecule has 0 spiro atoms. The standard InChI is InChI=1S/C29H28N4O4/c1-16-11-22(18(3)33-25-8-6-5-7-21(25)29(35)36)28-23(12-16)26(34)17(2)27(37-28)19-9-10-24(32-15-19)20(13-30)14-31-4/h5-15,18,33H,30H2,1-4H3,(H,35,36). The molecule has 0 saturated heterocycles. The molecule has 0 radical (unpaired) electrons. The highest BCUT2D eigenvalue weighted by molar-refractivity contribution is 6.08. The molecule has 0 fully saturated rings. The lowest BCUT2D eigenvalue weighted by molar-refractivity contribution is 0.0698. The number of benzene rings is 2. The van der Waals surface area contributed by atoms with Crippen LogP contribution in [0.4, 0.5) is 5.69 Å². The molecule has 2 aromatic heterocycles. The number of pyridine rings is 1. The van der Waals surface area contributed by atoms with Gasteiger partial charge in [0.05, 0.1) is 22.7 Å². The minimum Gasteiger partial charge on any atom is -0.478 e. The summed E-state index contributed by atoms with van der Waals surface area (Å²) in [6.07, 6.45) is 4.69. The van der Waals surface area contributed by atoms with Gasteiger partial charge >= 0.3 is 5.97 Å². The highest BCUT2D eigenvalue weighted by Gasteiger charge is 2.20. The van der Waals surface area contributed by atoms with Crippen LogP contribution in [0.3, 0.4) is 0 Å². The van der Waals surface area contributed by atoms with Crippen molar-refractivity contribution in [2.45, 2.75) is 26.8 Å². The van der Waals surface area contributed by atoms with Crippen LogP contribution in [0, 0.1) is 13.8 Å². The molecular formula is C29H28N4O4. The summed E-state index contributed by atoms with van der Waals surface area (Å²) in [6.45, 7) is 5.54. The van der Waals surface area contributed by atoms with E-state index in [0.717, 1.165) is 11.1 Å². The van der Waals surface area contributed by atoms with Gasteiger partial charge in [-0.25, -0.2) is 4.79 Å². The number of aryl methyl sites for hydroxylation is 1. The first-order chi connectivity index (χ1) is 17.7. The summed E-state index contributed by atoms with van der Waals surface area (Å²) in [6, 6.07) is 13.7. The molecule has 0 aliphatic heterocycles. The van der Waals surface area contributed by atoms with E-state index in [4.69, 9.17) is 10.2 Å². The van der Waals surface area contributed by atoms with Crippen molar-refractivity contribution in [3.05, 3.63) is 99.1 Å². The molecule has 2 heterocycles. The van der Waals surface area contributed by atoms with Crippen molar-refractivity contribution in [1.82, 2.24) is 4.98 Å². The zero-order chi connectivity index (χ0) is 26.7. The number of para-hydroxylation sites is 1. The smallest absolute Gasteiger partial charge is 0.337 e. The van der Waals surface area contributed by atoms with Crippen molar-refractivity contribution in [3.63, 3.8) is 0 Å². The van der Waals surface area contributed by atoms with E-state index in [1.54, 1.807) is 56.7 Å². The van der Waals surface area contributed by atoms with Gasteiger partial charge in [0.1, 0.15) is 11.3 Å². The second kappa shape index (κ2) is 10.5. The first-order valence-corrected chi connectivity index (χ1v) is 11.7. The van der Waals surface area contributed by atoms with E-state index >= 15 is 0 Å². The second-order valence-corrected chi connectivity index (χ2v) is 8.77. The van der Waals surface area contributed by atoms with E-state index in [1.807, 2.05) is 32.0 Å². The van der Waals surface area contributed by atoms with Crippen molar-refractivity contribution in [3.8, 4) is 11.3 Å². The Morgan fingerprint density at radius 2 is 1.95 bits per heavy atom. The largest absolute Gasteiger partial charge is 0.478 e. The Morgan fingerprint density at radius 3 is 2.59 bits per heavy atom. The summed E-state index contributed by atoms with van der Waals surface area (Å²) in [5, 5.41) is 13.3. The maximum absolute atomic E-state index is 13.4. The second-order valence-electron chi connectivity index (χ2n) is 8.77. The minimum atomic E-state index is -1.03. The van der Waals surface area contributed by atoms with Crippen LogP contribution < -0.4 is 16.5 Å². The fraction of sp³-hybridized carbons (Fsp3) is 0.172. The average Bonchev–Trinajstić information content (AvgIpc) is 2.89. The Hall–Kier alpha value is -4.72. The molecule has 0 amide bonds. The maximum atomic E-state index is 13.4. The van der Waals surface area contributed by atoms with Gasteiger partial charge in [-0.3, -0.25) is 14.8 Å². The first kappa shape index (κ1) is 25.4. The number of rotatable bonds is 7. The number of aliphatic imine (C=N–C) groups is 1. The third kappa shape index (κ3) is 4.99. The van der Waals surface area contributed by atoms with Crippen LogP contribution >= 0.6 is 0 Å².